The Morgan fingerprint density at radius 1 is 1.08 bits per heavy atom. The number of rotatable bonds is 4. The number of piperidine rings is 1. The molecule has 1 unspecified atom stereocenters. The topological polar surface area (TPSA) is 23.6 Å². The molecule has 0 bridgehead atoms. The average molecular weight is 346 g/mol. The number of nitrogens with zero attached hydrogens (tertiary/aromatic N) is 2. The first kappa shape index (κ1) is 18.0. The lowest BCUT2D eigenvalue weighted by Crippen LogP contribution is -2.43. The molecule has 2 saturated heterocycles. The van der Waals surface area contributed by atoms with Gasteiger partial charge in [-0.15, -0.1) is 0 Å². The Balaban J connectivity index is 1.51. The first-order chi connectivity index (χ1) is 11.2. The highest BCUT2D eigenvalue weighted by atomic mass is 19.4. The van der Waals surface area contributed by atoms with Gasteiger partial charge in [0.2, 0.25) is 5.91 Å². The fraction of sp³-hybridized carbons (Fsp3) is 0.944. The van der Waals surface area contributed by atoms with Crippen LogP contribution in [-0.4, -0.2) is 54.6 Å². The van der Waals surface area contributed by atoms with Crippen molar-refractivity contribution in [3.05, 3.63) is 0 Å². The SMILES string of the molecule is CC(C)CN1CCC(C2CCN(C(=O)C3(C(F)(F)F)CC3)C2)CC1. The van der Waals surface area contributed by atoms with Crippen LogP contribution in [0.15, 0.2) is 0 Å². The summed E-state index contributed by atoms with van der Waals surface area (Å²) in [6.45, 7) is 8.77. The largest absolute Gasteiger partial charge is 0.403 e. The molecule has 2 aliphatic heterocycles. The molecule has 0 aromatic rings. The molecule has 3 nitrogen and oxygen atoms in total. The Morgan fingerprint density at radius 2 is 1.67 bits per heavy atom. The van der Waals surface area contributed by atoms with Crippen molar-refractivity contribution in [2.75, 3.05) is 32.7 Å². The van der Waals surface area contributed by atoms with Crippen LogP contribution in [0.5, 0.6) is 0 Å². The summed E-state index contributed by atoms with van der Waals surface area (Å²) in [5, 5.41) is 0. The normalized spacial score (nSPS) is 28.6. The monoisotopic (exact) mass is 346 g/mol. The minimum Gasteiger partial charge on any atom is -0.342 e. The number of alkyl halides is 3. The van der Waals surface area contributed by atoms with Crippen molar-refractivity contribution in [3.8, 4) is 0 Å². The minimum absolute atomic E-state index is 0.0237. The maximum Gasteiger partial charge on any atom is 0.403 e. The quantitative estimate of drug-likeness (QED) is 0.777. The number of carbonyl (C=O) groups excluding carboxylic acids is 1. The van der Waals surface area contributed by atoms with E-state index < -0.39 is 17.5 Å². The standard InChI is InChI=1S/C18H29F3N2O/c1-13(2)11-22-8-3-14(4-9-22)15-5-10-23(12-15)16(24)17(6-7-17)18(19,20)21/h13-15H,3-12H2,1-2H3. The second-order valence-electron chi connectivity index (χ2n) is 8.41. The van der Waals surface area contributed by atoms with Crippen molar-refractivity contribution in [1.82, 2.24) is 9.80 Å². The Bertz CT molecular complexity index is 465. The van der Waals surface area contributed by atoms with E-state index in [0.29, 0.717) is 30.8 Å². The van der Waals surface area contributed by atoms with Crippen LogP contribution in [0, 0.1) is 23.2 Å². The smallest absolute Gasteiger partial charge is 0.342 e. The molecule has 3 fully saturated rings. The van der Waals surface area contributed by atoms with Crippen LogP contribution in [0.1, 0.15) is 46.0 Å². The third kappa shape index (κ3) is 3.44. The van der Waals surface area contributed by atoms with E-state index in [1.807, 2.05) is 0 Å². The molecule has 1 aliphatic carbocycles. The lowest BCUT2D eigenvalue weighted by molar-refractivity contribution is -0.198. The van der Waals surface area contributed by atoms with Gasteiger partial charge in [-0.1, -0.05) is 13.8 Å². The lowest BCUT2D eigenvalue weighted by Gasteiger charge is -2.35. The van der Waals surface area contributed by atoms with E-state index in [1.54, 1.807) is 0 Å². The van der Waals surface area contributed by atoms with Crippen LogP contribution in [-0.2, 0) is 4.79 Å². The first-order valence-electron chi connectivity index (χ1n) is 9.31. The van der Waals surface area contributed by atoms with E-state index >= 15 is 0 Å². The van der Waals surface area contributed by atoms with Crippen molar-refractivity contribution < 1.29 is 18.0 Å². The molecule has 0 spiro atoms. The van der Waals surface area contributed by atoms with Gasteiger partial charge in [0.05, 0.1) is 0 Å². The third-order valence-electron chi connectivity index (χ3n) is 6.14. The molecular weight excluding hydrogens is 317 g/mol. The van der Waals surface area contributed by atoms with Crippen molar-refractivity contribution in [3.63, 3.8) is 0 Å². The maximum atomic E-state index is 13.1. The van der Waals surface area contributed by atoms with E-state index in [2.05, 4.69) is 18.7 Å². The summed E-state index contributed by atoms with van der Waals surface area (Å²) >= 11 is 0. The van der Waals surface area contributed by atoms with Crippen LogP contribution in [0.3, 0.4) is 0 Å². The summed E-state index contributed by atoms with van der Waals surface area (Å²) in [5.41, 5.74) is -2.04. The number of carbonyl (C=O) groups is 1. The zero-order chi connectivity index (χ0) is 17.5. The lowest BCUT2D eigenvalue weighted by atomic mass is 9.83. The van der Waals surface area contributed by atoms with E-state index in [0.717, 1.165) is 38.9 Å². The highest BCUT2D eigenvalue weighted by Gasteiger charge is 2.69. The number of hydrogen-bond donors (Lipinski definition) is 0. The number of halogens is 3. The van der Waals surface area contributed by atoms with Gasteiger partial charge in [-0.25, -0.2) is 0 Å². The molecule has 0 aromatic heterocycles. The van der Waals surface area contributed by atoms with Gasteiger partial charge in [0.25, 0.3) is 0 Å². The summed E-state index contributed by atoms with van der Waals surface area (Å²) < 4.78 is 39.4. The van der Waals surface area contributed by atoms with Crippen molar-refractivity contribution in [1.29, 1.82) is 0 Å². The third-order valence-corrected chi connectivity index (χ3v) is 6.14. The van der Waals surface area contributed by atoms with Gasteiger partial charge in [-0.05, 0) is 62.9 Å². The molecule has 0 aromatic carbocycles. The molecule has 138 valence electrons. The van der Waals surface area contributed by atoms with Crippen LogP contribution >= 0.6 is 0 Å². The summed E-state index contributed by atoms with van der Waals surface area (Å²) in [7, 11) is 0. The second kappa shape index (κ2) is 6.50. The van der Waals surface area contributed by atoms with Gasteiger partial charge in [0.1, 0.15) is 5.41 Å². The number of amides is 1. The summed E-state index contributed by atoms with van der Waals surface area (Å²) in [6, 6.07) is 0. The molecule has 0 radical (unpaired) electrons. The number of hydrogen-bond acceptors (Lipinski definition) is 2. The molecule has 1 amide bonds. The Kier molecular flexibility index (Phi) is 4.89. The minimum atomic E-state index is -4.38. The van der Waals surface area contributed by atoms with Crippen molar-refractivity contribution in [2.45, 2.75) is 52.1 Å². The highest BCUT2D eigenvalue weighted by Crippen LogP contribution is 2.59. The summed E-state index contributed by atoms with van der Waals surface area (Å²) in [5.74, 6) is 0.958. The zero-order valence-electron chi connectivity index (χ0n) is 14.7. The molecule has 0 N–H and O–H groups in total. The zero-order valence-corrected chi connectivity index (χ0v) is 14.7. The van der Waals surface area contributed by atoms with Crippen molar-refractivity contribution >= 4 is 5.91 Å². The van der Waals surface area contributed by atoms with E-state index in [4.69, 9.17) is 0 Å². The first-order valence-corrected chi connectivity index (χ1v) is 9.31. The van der Waals surface area contributed by atoms with Crippen LogP contribution in [0.4, 0.5) is 13.2 Å². The van der Waals surface area contributed by atoms with Gasteiger partial charge in [-0.3, -0.25) is 4.79 Å². The van der Waals surface area contributed by atoms with Gasteiger partial charge in [-0.2, -0.15) is 13.2 Å². The van der Waals surface area contributed by atoms with E-state index in [9.17, 15) is 18.0 Å². The predicted molar refractivity (Wildman–Crippen MR) is 86.4 cm³/mol. The summed E-state index contributed by atoms with van der Waals surface area (Å²) in [6.07, 6.45) is -1.33. The molecule has 2 heterocycles. The summed E-state index contributed by atoms with van der Waals surface area (Å²) in [4.78, 5) is 16.4. The Labute approximate surface area is 142 Å². The van der Waals surface area contributed by atoms with Crippen molar-refractivity contribution in [2.24, 2.45) is 23.2 Å². The molecule has 1 saturated carbocycles. The molecule has 3 aliphatic rings. The second-order valence-corrected chi connectivity index (χ2v) is 8.41. The van der Waals surface area contributed by atoms with E-state index in [1.165, 1.54) is 4.90 Å². The molecule has 1 atom stereocenters. The van der Waals surface area contributed by atoms with Gasteiger partial charge in [0, 0.05) is 19.6 Å². The van der Waals surface area contributed by atoms with Gasteiger partial charge >= 0.3 is 6.18 Å². The maximum absolute atomic E-state index is 13.1. The molecule has 3 rings (SSSR count). The average Bonchev–Trinajstić information content (AvgIpc) is 3.19. The Morgan fingerprint density at radius 3 is 2.17 bits per heavy atom. The fourth-order valence-electron chi connectivity index (χ4n) is 4.53. The van der Waals surface area contributed by atoms with Gasteiger partial charge < -0.3 is 9.80 Å². The number of likely N-dealkylation sites (tertiary alicyclic amines) is 2. The molecule has 24 heavy (non-hydrogen) atoms. The fourth-order valence-corrected chi connectivity index (χ4v) is 4.53. The van der Waals surface area contributed by atoms with E-state index in [-0.39, 0.29) is 12.8 Å². The Hall–Kier alpha value is -0.780. The molecular formula is C18H29F3N2O. The molecule has 6 heteroatoms. The predicted octanol–water partition coefficient (Wildman–Crippen LogP) is 3.55. The van der Waals surface area contributed by atoms with Crippen LogP contribution in [0.2, 0.25) is 0 Å². The highest BCUT2D eigenvalue weighted by molar-refractivity contribution is 5.86. The van der Waals surface area contributed by atoms with Crippen LogP contribution in [0.25, 0.3) is 0 Å². The van der Waals surface area contributed by atoms with Crippen LogP contribution < -0.4 is 0 Å². The van der Waals surface area contributed by atoms with Gasteiger partial charge in [0.15, 0.2) is 0 Å².